The number of hydrogen-bond acceptors (Lipinski definition) is 6. The van der Waals surface area contributed by atoms with Crippen LogP contribution < -0.4 is 10.5 Å². The zero-order valence-electron chi connectivity index (χ0n) is 22.4. The van der Waals surface area contributed by atoms with Crippen LogP contribution in [0, 0.1) is 0 Å². The standard InChI is InChI=1S/C32H40N2O3S/c1-2-19-34(20-18-27-12-8-21-38-27)26-16-17-28-25(23-26)11-6-14-31(28)37-32(36)15-7-13-30(35)29(33)22-24-9-4-3-5-10-24/h3-6,8-12,14,21,26,29H,2,7,13,15-20,22-23,33H2,1H3/t26-,29-/m0/s1. The highest BCUT2D eigenvalue weighted by Crippen LogP contribution is 2.32. The van der Waals surface area contributed by atoms with E-state index in [0.29, 0.717) is 24.6 Å². The molecule has 0 saturated heterocycles. The minimum absolute atomic E-state index is 0.0134. The Bertz CT molecular complexity index is 1160. The molecule has 1 aliphatic rings. The van der Waals surface area contributed by atoms with E-state index in [1.807, 2.05) is 53.8 Å². The molecule has 5 nitrogen and oxygen atoms in total. The van der Waals surface area contributed by atoms with Crippen molar-refractivity contribution < 1.29 is 14.3 Å². The predicted octanol–water partition coefficient (Wildman–Crippen LogP) is 5.77. The van der Waals surface area contributed by atoms with E-state index < -0.39 is 6.04 Å². The molecule has 0 spiro atoms. The van der Waals surface area contributed by atoms with Crippen LogP contribution in [0.4, 0.5) is 0 Å². The largest absolute Gasteiger partial charge is 0.426 e. The van der Waals surface area contributed by atoms with Crippen molar-refractivity contribution in [2.75, 3.05) is 13.1 Å². The van der Waals surface area contributed by atoms with Crippen molar-refractivity contribution in [1.82, 2.24) is 4.90 Å². The molecule has 1 heterocycles. The summed E-state index contributed by atoms with van der Waals surface area (Å²) in [5.74, 6) is 0.382. The molecule has 0 bridgehead atoms. The van der Waals surface area contributed by atoms with Crippen LogP contribution in [0.5, 0.6) is 5.75 Å². The van der Waals surface area contributed by atoms with Gasteiger partial charge < -0.3 is 10.5 Å². The summed E-state index contributed by atoms with van der Waals surface area (Å²) in [6.45, 7) is 4.43. The van der Waals surface area contributed by atoms with Gasteiger partial charge in [0.15, 0.2) is 0 Å². The number of ether oxygens (including phenoxy) is 1. The summed E-state index contributed by atoms with van der Waals surface area (Å²) in [6, 6.07) is 20.2. The van der Waals surface area contributed by atoms with Crippen molar-refractivity contribution in [3.63, 3.8) is 0 Å². The number of thiophene rings is 1. The molecule has 0 aliphatic heterocycles. The number of Topliss-reactive ketones (excluding diaryl/α,β-unsaturated/α-hetero) is 1. The Balaban J connectivity index is 1.26. The number of carbonyl (C=O) groups excluding carboxylic acids is 2. The van der Waals surface area contributed by atoms with E-state index in [2.05, 4.69) is 35.4 Å². The Labute approximate surface area is 231 Å². The van der Waals surface area contributed by atoms with Crippen molar-refractivity contribution in [2.45, 2.75) is 76.8 Å². The van der Waals surface area contributed by atoms with Gasteiger partial charge in [0, 0.05) is 30.3 Å². The molecule has 1 aliphatic carbocycles. The van der Waals surface area contributed by atoms with E-state index in [4.69, 9.17) is 10.5 Å². The molecular formula is C32H40N2O3S. The van der Waals surface area contributed by atoms with Crippen LogP contribution in [0.1, 0.15) is 60.6 Å². The normalized spacial score (nSPS) is 15.7. The van der Waals surface area contributed by atoms with Crippen LogP contribution in [-0.4, -0.2) is 41.8 Å². The molecule has 2 atom stereocenters. The van der Waals surface area contributed by atoms with Gasteiger partial charge in [-0.25, -0.2) is 0 Å². The molecular weight excluding hydrogens is 492 g/mol. The smallest absolute Gasteiger partial charge is 0.311 e. The number of rotatable bonds is 14. The van der Waals surface area contributed by atoms with E-state index in [-0.39, 0.29) is 24.6 Å². The maximum absolute atomic E-state index is 12.6. The fourth-order valence-electron chi connectivity index (χ4n) is 5.38. The highest BCUT2D eigenvalue weighted by atomic mass is 32.1. The highest BCUT2D eigenvalue weighted by Gasteiger charge is 2.26. The lowest BCUT2D eigenvalue weighted by Crippen LogP contribution is -2.41. The zero-order valence-corrected chi connectivity index (χ0v) is 23.3. The van der Waals surface area contributed by atoms with Gasteiger partial charge in [0.05, 0.1) is 6.04 Å². The van der Waals surface area contributed by atoms with Gasteiger partial charge in [-0.1, -0.05) is 55.5 Å². The average molecular weight is 533 g/mol. The number of nitrogens with zero attached hydrogens (tertiary/aromatic N) is 1. The van der Waals surface area contributed by atoms with Crippen molar-refractivity contribution in [3.05, 3.63) is 87.6 Å². The Kier molecular flexibility index (Phi) is 10.7. The monoisotopic (exact) mass is 532 g/mol. The zero-order chi connectivity index (χ0) is 26.7. The topological polar surface area (TPSA) is 72.6 Å². The highest BCUT2D eigenvalue weighted by molar-refractivity contribution is 7.09. The van der Waals surface area contributed by atoms with Gasteiger partial charge in [-0.15, -0.1) is 11.3 Å². The summed E-state index contributed by atoms with van der Waals surface area (Å²) >= 11 is 1.83. The van der Waals surface area contributed by atoms with E-state index in [1.54, 1.807) is 0 Å². The molecule has 0 saturated carbocycles. The van der Waals surface area contributed by atoms with Gasteiger partial charge in [-0.2, -0.15) is 0 Å². The molecule has 6 heteroatoms. The Morgan fingerprint density at radius 3 is 2.66 bits per heavy atom. The number of esters is 1. The summed E-state index contributed by atoms with van der Waals surface area (Å²) in [5.41, 5.74) is 9.58. The lowest BCUT2D eigenvalue weighted by molar-refractivity contribution is -0.134. The average Bonchev–Trinajstić information content (AvgIpc) is 3.45. The van der Waals surface area contributed by atoms with Crippen LogP contribution in [0.3, 0.4) is 0 Å². The summed E-state index contributed by atoms with van der Waals surface area (Å²) < 4.78 is 5.80. The van der Waals surface area contributed by atoms with E-state index in [1.165, 1.54) is 10.4 Å². The molecule has 0 radical (unpaired) electrons. The molecule has 3 aromatic rings. The number of ketones is 1. The summed E-state index contributed by atoms with van der Waals surface area (Å²) in [6.07, 6.45) is 6.68. The molecule has 38 heavy (non-hydrogen) atoms. The number of hydrogen-bond donors (Lipinski definition) is 1. The summed E-state index contributed by atoms with van der Waals surface area (Å²) in [4.78, 5) is 29.1. The lowest BCUT2D eigenvalue weighted by atomic mass is 9.86. The van der Waals surface area contributed by atoms with Gasteiger partial charge in [0.1, 0.15) is 11.5 Å². The molecule has 202 valence electrons. The fraction of sp³-hybridized carbons (Fsp3) is 0.438. The number of benzene rings is 2. The third-order valence-corrected chi connectivity index (χ3v) is 8.34. The minimum Gasteiger partial charge on any atom is -0.426 e. The second-order valence-electron chi connectivity index (χ2n) is 10.2. The molecule has 4 rings (SSSR count). The minimum atomic E-state index is -0.542. The molecule has 1 aromatic heterocycles. The third kappa shape index (κ3) is 8.10. The van der Waals surface area contributed by atoms with Gasteiger partial charge >= 0.3 is 5.97 Å². The molecule has 0 unspecified atom stereocenters. The van der Waals surface area contributed by atoms with E-state index >= 15 is 0 Å². The third-order valence-electron chi connectivity index (χ3n) is 7.41. The Hall–Kier alpha value is -2.80. The quantitative estimate of drug-likeness (QED) is 0.211. The summed E-state index contributed by atoms with van der Waals surface area (Å²) in [7, 11) is 0. The van der Waals surface area contributed by atoms with Gasteiger partial charge in [-0.3, -0.25) is 14.5 Å². The van der Waals surface area contributed by atoms with E-state index in [0.717, 1.165) is 56.3 Å². The van der Waals surface area contributed by atoms with Crippen molar-refractivity contribution in [2.24, 2.45) is 5.73 Å². The summed E-state index contributed by atoms with van der Waals surface area (Å²) in [5, 5.41) is 2.15. The second-order valence-corrected chi connectivity index (χ2v) is 11.3. The predicted molar refractivity (Wildman–Crippen MR) is 155 cm³/mol. The first kappa shape index (κ1) is 28.2. The maximum Gasteiger partial charge on any atom is 0.311 e. The van der Waals surface area contributed by atoms with Crippen LogP contribution in [0.15, 0.2) is 66.0 Å². The second kappa shape index (κ2) is 14.4. The number of nitrogens with two attached hydrogens (primary N) is 1. The SMILES string of the molecule is CCCN(CCc1cccs1)[C@H]1CCc2c(cccc2OC(=O)CCCC(=O)[C@@H](N)Cc2ccccc2)C1. The maximum atomic E-state index is 12.6. The van der Waals surface area contributed by atoms with Gasteiger partial charge in [0.2, 0.25) is 0 Å². The fourth-order valence-corrected chi connectivity index (χ4v) is 6.08. The van der Waals surface area contributed by atoms with Crippen LogP contribution in [-0.2, 0) is 35.3 Å². The molecule has 2 aromatic carbocycles. The van der Waals surface area contributed by atoms with Gasteiger partial charge in [0.25, 0.3) is 0 Å². The number of carbonyl (C=O) groups is 2. The van der Waals surface area contributed by atoms with Crippen molar-refractivity contribution in [1.29, 1.82) is 0 Å². The van der Waals surface area contributed by atoms with Crippen LogP contribution in [0.2, 0.25) is 0 Å². The van der Waals surface area contributed by atoms with Crippen molar-refractivity contribution >= 4 is 23.1 Å². The molecule has 2 N–H and O–H groups in total. The molecule has 0 amide bonds. The van der Waals surface area contributed by atoms with Crippen LogP contribution >= 0.6 is 11.3 Å². The van der Waals surface area contributed by atoms with E-state index in [9.17, 15) is 9.59 Å². The first-order chi connectivity index (χ1) is 18.5. The van der Waals surface area contributed by atoms with Crippen LogP contribution in [0.25, 0.3) is 0 Å². The number of fused-ring (bicyclic) bond motifs is 1. The van der Waals surface area contributed by atoms with Crippen molar-refractivity contribution in [3.8, 4) is 5.75 Å². The first-order valence-corrected chi connectivity index (χ1v) is 14.8. The Morgan fingerprint density at radius 2 is 1.89 bits per heavy atom. The first-order valence-electron chi connectivity index (χ1n) is 13.9. The lowest BCUT2D eigenvalue weighted by Gasteiger charge is -2.35. The molecule has 0 fully saturated rings. The Morgan fingerprint density at radius 1 is 1.05 bits per heavy atom. The van der Waals surface area contributed by atoms with Gasteiger partial charge in [-0.05, 0) is 85.7 Å².